The van der Waals surface area contributed by atoms with E-state index >= 15 is 0 Å². The van der Waals surface area contributed by atoms with Gasteiger partial charge in [0.05, 0.1) is 33.0 Å². The number of benzene rings is 3. The summed E-state index contributed by atoms with van der Waals surface area (Å²) in [5.74, 6) is 2.32. The van der Waals surface area contributed by atoms with Gasteiger partial charge in [0.25, 0.3) is 5.91 Å². The fraction of sp³-hybridized carbons (Fsp3) is 0.367. The molecule has 0 unspecified atom stereocenters. The Hall–Kier alpha value is -3.51. The first-order chi connectivity index (χ1) is 17.5. The Balaban J connectivity index is 1.53. The highest BCUT2D eigenvalue weighted by Crippen LogP contribution is 2.53. The maximum atomic E-state index is 13.1. The number of ether oxygens (including phenoxy) is 4. The monoisotopic (exact) mass is 487 g/mol. The van der Waals surface area contributed by atoms with Crippen molar-refractivity contribution in [2.75, 3.05) is 26.6 Å². The molecule has 0 saturated heterocycles. The minimum Gasteiger partial charge on any atom is -0.496 e. The number of methoxy groups -OCH3 is 3. The molecule has 36 heavy (non-hydrogen) atoms. The third-order valence-electron chi connectivity index (χ3n) is 7.40. The number of anilines is 1. The molecule has 0 spiro atoms. The van der Waals surface area contributed by atoms with Crippen LogP contribution >= 0.6 is 0 Å². The summed E-state index contributed by atoms with van der Waals surface area (Å²) in [7, 11) is 5.00. The molecule has 6 nitrogen and oxygen atoms in total. The fourth-order valence-corrected chi connectivity index (χ4v) is 5.76. The molecular formula is C30H33NO5. The van der Waals surface area contributed by atoms with Crippen molar-refractivity contribution in [1.29, 1.82) is 0 Å². The van der Waals surface area contributed by atoms with Crippen LogP contribution in [0.25, 0.3) is 0 Å². The third kappa shape index (κ3) is 4.30. The van der Waals surface area contributed by atoms with Crippen LogP contribution in [0.4, 0.5) is 5.69 Å². The molecule has 1 amide bonds. The van der Waals surface area contributed by atoms with Crippen LogP contribution in [0.2, 0.25) is 0 Å². The van der Waals surface area contributed by atoms with Crippen molar-refractivity contribution in [2.45, 2.75) is 50.7 Å². The van der Waals surface area contributed by atoms with Gasteiger partial charge < -0.3 is 24.3 Å². The van der Waals surface area contributed by atoms with Gasteiger partial charge >= 0.3 is 0 Å². The second kappa shape index (κ2) is 10.2. The molecule has 6 heteroatoms. The van der Waals surface area contributed by atoms with Crippen LogP contribution in [-0.4, -0.2) is 33.3 Å². The molecule has 0 radical (unpaired) electrons. The molecule has 2 aliphatic rings. The number of para-hydroxylation sites is 1. The summed E-state index contributed by atoms with van der Waals surface area (Å²) in [6, 6.07) is 17.4. The van der Waals surface area contributed by atoms with E-state index in [4.69, 9.17) is 18.9 Å². The molecule has 1 heterocycles. The van der Waals surface area contributed by atoms with Crippen LogP contribution in [-0.2, 0) is 4.74 Å². The van der Waals surface area contributed by atoms with Crippen LogP contribution in [0.3, 0.4) is 0 Å². The van der Waals surface area contributed by atoms with Gasteiger partial charge in [-0.3, -0.25) is 4.79 Å². The number of carbonyl (C=O) groups excluding carboxylic acids is 1. The van der Waals surface area contributed by atoms with E-state index in [2.05, 4.69) is 5.32 Å². The Morgan fingerprint density at radius 3 is 2.36 bits per heavy atom. The van der Waals surface area contributed by atoms with Crippen molar-refractivity contribution in [3.05, 3.63) is 82.4 Å². The molecule has 188 valence electrons. The first-order valence-electron chi connectivity index (χ1n) is 12.5. The highest BCUT2D eigenvalue weighted by molar-refractivity contribution is 6.06. The van der Waals surface area contributed by atoms with Crippen molar-refractivity contribution in [3.63, 3.8) is 0 Å². The summed E-state index contributed by atoms with van der Waals surface area (Å²) in [4.78, 5) is 13.1. The molecular weight excluding hydrogens is 454 g/mol. The molecule has 0 bridgehead atoms. The Morgan fingerprint density at radius 2 is 1.61 bits per heavy atom. The molecule has 1 fully saturated rings. The average molecular weight is 488 g/mol. The van der Waals surface area contributed by atoms with Gasteiger partial charge in [-0.05, 0) is 61.2 Å². The van der Waals surface area contributed by atoms with E-state index in [1.165, 1.54) is 12.0 Å². The number of amides is 1. The zero-order chi connectivity index (χ0) is 25.2. The highest BCUT2D eigenvalue weighted by Gasteiger charge is 2.41. The van der Waals surface area contributed by atoms with Crippen molar-refractivity contribution in [2.24, 2.45) is 0 Å². The fourth-order valence-electron chi connectivity index (χ4n) is 5.76. The lowest BCUT2D eigenvalue weighted by molar-refractivity contribution is -0.0406. The predicted molar refractivity (Wildman–Crippen MR) is 140 cm³/mol. The summed E-state index contributed by atoms with van der Waals surface area (Å²) in [5.41, 5.74) is 5.27. The van der Waals surface area contributed by atoms with Crippen LogP contribution in [0.5, 0.6) is 17.2 Å². The average Bonchev–Trinajstić information content (AvgIpc) is 2.91. The van der Waals surface area contributed by atoms with Gasteiger partial charge in [0.2, 0.25) is 0 Å². The van der Waals surface area contributed by atoms with E-state index in [9.17, 15) is 4.79 Å². The number of fused-ring (bicyclic) bond motifs is 3. The maximum Gasteiger partial charge on any atom is 0.259 e. The van der Waals surface area contributed by atoms with E-state index < -0.39 is 0 Å². The predicted octanol–water partition coefficient (Wildman–Crippen LogP) is 6.42. The largest absolute Gasteiger partial charge is 0.496 e. The second-order valence-electron chi connectivity index (χ2n) is 9.48. The Morgan fingerprint density at radius 1 is 0.889 bits per heavy atom. The second-order valence-corrected chi connectivity index (χ2v) is 9.48. The first-order valence-corrected chi connectivity index (χ1v) is 12.5. The summed E-state index contributed by atoms with van der Waals surface area (Å²) < 4.78 is 23.9. The van der Waals surface area contributed by atoms with E-state index in [-0.39, 0.29) is 24.0 Å². The summed E-state index contributed by atoms with van der Waals surface area (Å²) >= 11 is 0. The van der Waals surface area contributed by atoms with E-state index in [0.29, 0.717) is 17.0 Å². The Labute approximate surface area is 212 Å². The van der Waals surface area contributed by atoms with Crippen molar-refractivity contribution < 1.29 is 23.7 Å². The van der Waals surface area contributed by atoms with Gasteiger partial charge in [-0.2, -0.15) is 0 Å². The molecule has 1 N–H and O–H groups in total. The molecule has 0 aromatic heterocycles. The summed E-state index contributed by atoms with van der Waals surface area (Å²) in [5, 5.41) is 3.04. The molecule has 3 aromatic rings. The number of nitrogens with one attached hydrogen (secondary N) is 1. The normalized spacial score (nSPS) is 20.6. The van der Waals surface area contributed by atoms with E-state index in [0.717, 1.165) is 47.5 Å². The van der Waals surface area contributed by atoms with Gasteiger partial charge in [0.1, 0.15) is 23.4 Å². The number of hydrogen-bond donors (Lipinski definition) is 1. The van der Waals surface area contributed by atoms with Gasteiger partial charge in [-0.1, -0.05) is 37.1 Å². The molecule has 3 aromatic carbocycles. The Bertz CT molecular complexity index is 1270. The van der Waals surface area contributed by atoms with Crippen LogP contribution in [0.15, 0.2) is 54.6 Å². The number of carbonyl (C=O) groups is 1. The molecule has 1 saturated carbocycles. The third-order valence-corrected chi connectivity index (χ3v) is 7.40. The number of rotatable bonds is 6. The quantitative estimate of drug-likeness (QED) is 0.435. The lowest BCUT2D eigenvalue weighted by Crippen LogP contribution is -2.34. The van der Waals surface area contributed by atoms with Crippen molar-refractivity contribution in [1.82, 2.24) is 0 Å². The van der Waals surface area contributed by atoms with Crippen molar-refractivity contribution >= 4 is 11.6 Å². The smallest absolute Gasteiger partial charge is 0.259 e. The maximum absolute atomic E-state index is 13.1. The Kier molecular flexibility index (Phi) is 6.88. The molecule has 1 aliphatic carbocycles. The van der Waals surface area contributed by atoms with E-state index in [1.54, 1.807) is 27.4 Å². The number of aryl methyl sites for hydroxylation is 1. The number of hydrogen-bond acceptors (Lipinski definition) is 5. The minimum absolute atomic E-state index is 0.118. The topological polar surface area (TPSA) is 66.0 Å². The zero-order valence-electron chi connectivity index (χ0n) is 21.3. The standard InChI is InChI=1S/C30H33NO5/c1-18-9-7-13-22(28(18)35-4)30(32)31-20-11-8-10-19(17-20)29-27-25(34-3)16-15-24(33-2)26(27)21-12-5-6-14-23(21)36-29/h7-11,13,15-17,21,23,29H,5-6,12,14H2,1-4H3,(H,31,32)/t21-,23-,29-/m0/s1. The van der Waals surface area contributed by atoms with Crippen molar-refractivity contribution in [3.8, 4) is 17.2 Å². The first kappa shape index (κ1) is 24.2. The lowest BCUT2D eigenvalue weighted by atomic mass is 9.75. The summed E-state index contributed by atoms with van der Waals surface area (Å²) in [6.45, 7) is 1.92. The molecule has 1 aliphatic heterocycles. The van der Waals surface area contributed by atoms with Crippen LogP contribution in [0.1, 0.15) is 70.3 Å². The van der Waals surface area contributed by atoms with Gasteiger partial charge in [-0.15, -0.1) is 0 Å². The van der Waals surface area contributed by atoms with Gasteiger partial charge in [-0.25, -0.2) is 0 Å². The van der Waals surface area contributed by atoms with Gasteiger partial charge in [0.15, 0.2) is 0 Å². The summed E-state index contributed by atoms with van der Waals surface area (Å²) in [6.07, 6.45) is 4.22. The van der Waals surface area contributed by atoms with Gasteiger partial charge in [0, 0.05) is 22.7 Å². The molecule has 5 rings (SSSR count). The van der Waals surface area contributed by atoms with Crippen LogP contribution < -0.4 is 19.5 Å². The lowest BCUT2D eigenvalue weighted by Gasteiger charge is -2.42. The molecule has 3 atom stereocenters. The zero-order valence-corrected chi connectivity index (χ0v) is 21.3. The van der Waals surface area contributed by atoms with Crippen LogP contribution in [0, 0.1) is 6.92 Å². The minimum atomic E-state index is -0.324. The SMILES string of the molecule is COc1ccc(OC)c2c1[C@H](c1cccc(NC(=O)c3cccc(C)c3OC)c1)O[C@H]1CCCC[C@H]21. The van der Waals surface area contributed by atoms with E-state index in [1.807, 2.05) is 55.5 Å². The highest BCUT2D eigenvalue weighted by atomic mass is 16.5.